The SMILES string of the molecule is COCCN(CCOC)Cc1ccc(NN)c([N+](=O)[O-])c1. The maximum absolute atomic E-state index is 11.0. The van der Waals surface area contributed by atoms with Gasteiger partial charge in [0.1, 0.15) is 5.69 Å². The van der Waals surface area contributed by atoms with Gasteiger partial charge in [-0.25, -0.2) is 0 Å². The van der Waals surface area contributed by atoms with E-state index in [9.17, 15) is 10.1 Å². The summed E-state index contributed by atoms with van der Waals surface area (Å²) in [5.74, 6) is 5.27. The molecule has 1 aromatic rings. The standard InChI is InChI=1S/C13H22N4O4/c1-20-7-5-16(6-8-21-2)10-11-3-4-12(15-14)13(9-11)17(18)19/h3-4,9,15H,5-8,10,14H2,1-2H3. The first-order valence-electron chi connectivity index (χ1n) is 6.56. The Kier molecular flexibility index (Phi) is 7.62. The summed E-state index contributed by atoms with van der Waals surface area (Å²) in [7, 11) is 3.28. The van der Waals surface area contributed by atoms with Gasteiger partial charge in [-0.05, 0) is 11.6 Å². The summed E-state index contributed by atoms with van der Waals surface area (Å²) in [5, 5.41) is 11.0. The molecule has 0 aliphatic rings. The van der Waals surface area contributed by atoms with Crippen molar-refractivity contribution in [2.45, 2.75) is 6.54 Å². The second kappa shape index (κ2) is 9.24. The van der Waals surface area contributed by atoms with E-state index in [1.807, 2.05) is 6.07 Å². The van der Waals surface area contributed by atoms with Crippen LogP contribution < -0.4 is 11.3 Å². The fourth-order valence-electron chi connectivity index (χ4n) is 1.92. The smallest absolute Gasteiger partial charge is 0.293 e. The Labute approximate surface area is 123 Å². The molecule has 0 bridgehead atoms. The van der Waals surface area contributed by atoms with E-state index >= 15 is 0 Å². The number of hydrazine groups is 1. The number of nitro benzene ring substituents is 1. The Hall–Kier alpha value is -1.74. The average Bonchev–Trinajstić information content (AvgIpc) is 2.49. The second-order valence-electron chi connectivity index (χ2n) is 4.51. The molecule has 0 amide bonds. The Balaban J connectivity index is 2.82. The minimum atomic E-state index is -0.451. The van der Waals surface area contributed by atoms with Crippen LogP contribution in [-0.2, 0) is 16.0 Å². The van der Waals surface area contributed by atoms with Crippen molar-refractivity contribution in [3.63, 3.8) is 0 Å². The van der Waals surface area contributed by atoms with Gasteiger partial charge in [0.15, 0.2) is 0 Å². The molecule has 3 N–H and O–H groups in total. The molecule has 118 valence electrons. The number of hydrogen-bond acceptors (Lipinski definition) is 7. The molecule has 0 aromatic heterocycles. The highest BCUT2D eigenvalue weighted by molar-refractivity contribution is 5.61. The molecule has 0 saturated heterocycles. The number of methoxy groups -OCH3 is 2. The Morgan fingerprint density at radius 2 is 1.90 bits per heavy atom. The molecule has 21 heavy (non-hydrogen) atoms. The van der Waals surface area contributed by atoms with E-state index in [0.29, 0.717) is 25.4 Å². The molecule has 0 radical (unpaired) electrons. The minimum absolute atomic E-state index is 0.0339. The van der Waals surface area contributed by atoms with Gasteiger partial charge in [0.25, 0.3) is 5.69 Å². The number of rotatable bonds is 10. The molecule has 1 rings (SSSR count). The van der Waals surface area contributed by atoms with Crippen molar-refractivity contribution >= 4 is 11.4 Å². The molecule has 8 nitrogen and oxygen atoms in total. The highest BCUT2D eigenvalue weighted by atomic mass is 16.6. The number of nitrogens with zero attached hydrogens (tertiary/aromatic N) is 2. The lowest BCUT2D eigenvalue weighted by atomic mass is 10.1. The lowest BCUT2D eigenvalue weighted by Gasteiger charge is -2.21. The molecule has 0 saturated carbocycles. The molecule has 0 heterocycles. The third-order valence-corrected chi connectivity index (χ3v) is 3.04. The number of anilines is 1. The highest BCUT2D eigenvalue weighted by Gasteiger charge is 2.15. The van der Waals surface area contributed by atoms with Crippen molar-refractivity contribution in [3.05, 3.63) is 33.9 Å². The van der Waals surface area contributed by atoms with Crippen LogP contribution in [0.4, 0.5) is 11.4 Å². The van der Waals surface area contributed by atoms with Crippen LogP contribution in [0.15, 0.2) is 18.2 Å². The molecule has 0 spiro atoms. The van der Waals surface area contributed by atoms with Crippen molar-refractivity contribution < 1.29 is 14.4 Å². The van der Waals surface area contributed by atoms with Crippen molar-refractivity contribution in [2.24, 2.45) is 5.84 Å². The van der Waals surface area contributed by atoms with Crippen molar-refractivity contribution in [1.82, 2.24) is 4.90 Å². The summed E-state index contributed by atoms with van der Waals surface area (Å²) in [6.45, 7) is 3.22. The van der Waals surface area contributed by atoms with Crippen molar-refractivity contribution in [2.75, 3.05) is 45.9 Å². The minimum Gasteiger partial charge on any atom is -0.383 e. The van der Waals surface area contributed by atoms with Crippen LogP contribution in [0.1, 0.15) is 5.56 Å². The highest BCUT2D eigenvalue weighted by Crippen LogP contribution is 2.25. The van der Waals surface area contributed by atoms with Gasteiger partial charge in [-0.1, -0.05) is 6.07 Å². The summed E-state index contributed by atoms with van der Waals surface area (Å²) in [6, 6.07) is 4.95. The number of nitro groups is 1. The summed E-state index contributed by atoms with van der Waals surface area (Å²) < 4.78 is 10.1. The Morgan fingerprint density at radius 1 is 1.29 bits per heavy atom. The van der Waals surface area contributed by atoms with E-state index in [-0.39, 0.29) is 5.69 Å². The molecular formula is C13H22N4O4. The first-order chi connectivity index (χ1) is 10.1. The summed E-state index contributed by atoms with van der Waals surface area (Å²) in [5.41, 5.74) is 3.43. The molecule has 0 aliphatic carbocycles. The van der Waals surface area contributed by atoms with Crippen molar-refractivity contribution in [1.29, 1.82) is 0 Å². The van der Waals surface area contributed by atoms with Gasteiger partial charge in [-0.2, -0.15) is 0 Å². The molecule has 0 aliphatic heterocycles. The predicted octanol–water partition coefficient (Wildman–Crippen LogP) is 0.975. The van der Waals surface area contributed by atoms with Gasteiger partial charge in [0, 0.05) is 39.9 Å². The largest absolute Gasteiger partial charge is 0.383 e. The number of hydrogen-bond donors (Lipinski definition) is 2. The van der Waals surface area contributed by atoms with E-state index in [1.165, 1.54) is 6.07 Å². The van der Waals surface area contributed by atoms with E-state index in [0.717, 1.165) is 18.7 Å². The molecule has 0 fully saturated rings. The number of nitrogens with two attached hydrogens (primary N) is 1. The van der Waals surface area contributed by atoms with E-state index < -0.39 is 4.92 Å². The Morgan fingerprint density at radius 3 is 2.38 bits per heavy atom. The molecule has 8 heteroatoms. The van der Waals surface area contributed by atoms with Crippen LogP contribution in [-0.4, -0.2) is 50.3 Å². The number of nitrogen functional groups attached to an aromatic ring is 1. The lowest BCUT2D eigenvalue weighted by Crippen LogP contribution is -2.30. The van der Waals surface area contributed by atoms with Crippen LogP contribution in [0.2, 0.25) is 0 Å². The number of ether oxygens (including phenoxy) is 2. The fourth-order valence-corrected chi connectivity index (χ4v) is 1.92. The monoisotopic (exact) mass is 298 g/mol. The third-order valence-electron chi connectivity index (χ3n) is 3.04. The van der Waals surface area contributed by atoms with Crippen LogP contribution in [0, 0.1) is 10.1 Å². The first-order valence-corrected chi connectivity index (χ1v) is 6.56. The van der Waals surface area contributed by atoms with E-state index in [1.54, 1.807) is 20.3 Å². The maximum Gasteiger partial charge on any atom is 0.293 e. The molecule has 1 aromatic carbocycles. The third kappa shape index (κ3) is 5.64. The lowest BCUT2D eigenvalue weighted by molar-refractivity contribution is -0.384. The zero-order valence-corrected chi connectivity index (χ0v) is 12.4. The fraction of sp³-hybridized carbons (Fsp3) is 0.538. The summed E-state index contributed by atoms with van der Waals surface area (Å²) in [4.78, 5) is 12.7. The normalized spacial score (nSPS) is 10.9. The van der Waals surface area contributed by atoms with E-state index in [2.05, 4.69) is 10.3 Å². The van der Waals surface area contributed by atoms with Crippen LogP contribution in [0.3, 0.4) is 0 Å². The quantitative estimate of drug-likeness (QED) is 0.377. The van der Waals surface area contributed by atoms with Crippen LogP contribution in [0.5, 0.6) is 0 Å². The van der Waals surface area contributed by atoms with Gasteiger partial charge in [0.2, 0.25) is 0 Å². The summed E-state index contributed by atoms with van der Waals surface area (Å²) >= 11 is 0. The Bertz CT molecular complexity index is 448. The van der Waals surface area contributed by atoms with E-state index in [4.69, 9.17) is 15.3 Å². The van der Waals surface area contributed by atoms with Crippen molar-refractivity contribution in [3.8, 4) is 0 Å². The average molecular weight is 298 g/mol. The zero-order chi connectivity index (χ0) is 15.7. The predicted molar refractivity (Wildman–Crippen MR) is 79.9 cm³/mol. The zero-order valence-electron chi connectivity index (χ0n) is 12.4. The van der Waals surface area contributed by atoms with Crippen LogP contribution in [0.25, 0.3) is 0 Å². The molecular weight excluding hydrogens is 276 g/mol. The topological polar surface area (TPSA) is 103 Å². The second-order valence-corrected chi connectivity index (χ2v) is 4.51. The van der Waals surface area contributed by atoms with Gasteiger partial charge < -0.3 is 14.9 Å². The first kappa shape index (κ1) is 17.3. The molecule has 0 atom stereocenters. The number of nitrogens with one attached hydrogen (secondary N) is 1. The van der Waals surface area contributed by atoms with Gasteiger partial charge >= 0.3 is 0 Å². The summed E-state index contributed by atoms with van der Waals surface area (Å²) in [6.07, 6.45) is 0. The van der Waals surface area contributed by atoms with Gasteiger partial charge in [0.05, 0.1) is 18.1 Å². The maximum atomic E-state index is 11.0. The van der Waals surface area contributed by atoms with Gasteiger partial charge in [-0.3, -0.25) is 20.9 Å². The van der Waals surface area contributed by atoms with Gasteiger partial charge in [-0.15, -0.1) is 0 Å². The molecule has 0 unspecified atom stereocenters. The number of benzene rings is 1. The van der Waals surface area contributed by atoms with Crippen LogP contribution >= 0.6 is 0 Å².